The summed E-state index contributed by atoms with van der Waals surface area (Å²) in [6.07, 6.45) is 0. The van der Waals surface area contributed by atoms with Gasteiger partial charge in [0.05, 0.1) is 23.1 Å². The summed E-state index contributed by atoms with van der Waals surface area (Å²) in [6.45, 7) is 3.48. The molecule has 1 atom stereocenters. The number of carbonyl (C=O) groups excluding carboxylic acids is 1. The van der Waals surface area contributed by atoms with Gasteiger partial charge in [-0.2, -0.15) is 5.26 Å². The third-order valence-electron chi connectivity index (χ3n) is 4.60. The first-order valence-corrected chi connectivity index (χ1v) is 9.26. The van der Waals surface area contributed by atoms with Crippen molar-refractivity contribution in [2.24, 2.45) is 5.73 Å². The van der Waals surface area contributed by atoms with E-state index in [1.165, 1.54) is 12.1 Å². The smallest absolute Gasteiger partial charge is 0.338 e. The maximum absolute atomic E-state index is 13.8. The number of carbonyl (C=O) groups is 1. The van der Waals surface area contributed by atoms with Crippen molar-refractivity contribution in [3.05, 3.63) is 81.7 Å². The Kier molecular flexibility index (Phi) is 5.90. The largest absolute Gasteiger partial charge is 0.463 e. The predicted molar refractivity (Wildman–Crippen MR) is 107 cm³/mol. The molecule has 1 heterocycles. The number of benzene rings is 2. The lowest BCUT2D eigenvalue weighted by Gasteiger charge is -2.27. The summed E-state index contributed by atoms with van der Waals surface area (Å²) < 4.78 is 24.3. The van der Waals surface area contributed by atoms with Crippen molar-refractivity contribution < 1.29 is 18.7 Å². The molecule has 5 nitrogen and oxygen atoms in total. The molecule has 0 aliphatic carbocycles. The second-order valence-electron chi connectivity index (χ2n) is 6.37. The van der Waals surface area contributed by atoms with Gasteiger partial charge in [0.1, 0.15) is 23.2 Å². The zero-order valence-electron chi connectivity index (χ0n) is 15.8. The van der Waals surface area contributed by atoms with Gasteiger partial charge >= 0.3 is 5.97 Å². The molecule has 1 aliphatic heterocycles. The van der Waals surface area contributed by atoms with Gasteiger partial charge < -0.3 is 15.2 Å². The summed E-state index contributed by atoms with van der Waals surface area (Å²) in [7, 11) is 0. The van der Waals surface area contributed by atoms with Gasteiger partial charge in [0.25, 0.3) is 0 Å². The van der Waals surface area contributed by atoms with Gasteiger partial charge in [-0.1, -0.05) is 41.9 Å². The summed E-state index contributed by atoms with van der Waals surface area (Å²) in [5.41, 5.74) is 8.31. The Bertz CT molecular complexity index is 1070. The van der Waals surface area contributed by atoms with Crippen LogP contribution in [0.5, 0.6) is 0 Å². The number of hydrogen-bond acceptors (Lipinski definition) is 5. The lowest BCUT2D eigenvalue weighted by molar-refractivity contribution is -0.139. The highest BCUT2D eigenvalue weighted by molar-refractivity contribution is 6.30. The first-order chi connectivity index (χ1) is 13.9. The van der Waals surface area contributed by atoms with Crippen molar-refractivity contribution >= 4 is 17.6 Å². The minimum Gasteiger partial charge on any atom is -0.463 e. The van der Waals surface area contributed by atoms with E-state index >= 15 is 0 Å². The van der Waals surface area contributed by atoms with Gasteiger partial charge in [0, 0.05) is 0 Å². The number of hydrogen-bond donors (Lipinski definition) is 1. The number of nitrogens with zero attached hydrogens (tertiary/aromatic N) is 1. The van der Waals surface area contributed by atoms with Crippen LogP contribution in [0.15, 0.2) is 65.3 Å². The number of halogens is 2. The van der Waals surface area contributed by atoms with Crippen LogP contribution in [0, 0.1) is 17.1 Å². The van der Waals surface area contributed by atoms with E-state index in [2.05, 4.69) is 0 Å². The van der Waals surface area contributed by atoms with Crippen LogP contribution in [0.2, 0.25) is 5.02 Å². The third-order valence-corrected chi connectivity index (χ3v) is 4.90. The van der Waals surface area contributed by atoms with Crippen molar-refractivity contribution in [1.82, 2.24) is 0 Å². The molecule has 2 aromatic rings. The van der Waals surface area contributed by atoms with Crippen molar-refractivity contribution in [3.8, 4) is 17.2 Å². The van der Waals surface area contributed by atoms with Crippen LogP contribution in [0.3, 0.4) is 0 Å². The van der Waals surface area contributed by atoms with Gasteiger partial charge in [-0.3, -0.25) is 0 Å². The molecule has 2 aromatic carbocycles. The zero-order chi connectivity index (χ0) is 21.1. The average molecular weight is 413 g/mol. The van der Waals surface area contributed by atoms with E-state index in [0.29, 0.717) is 11.1 Å². The fourth-order valence-corrected chi connectivity index (χ4v) is 3.35. The van der Waals surface area contributed by atoms with Crippen LogP contribution in [0.25, 0.3) is 11.1 Å². The Morgan fingerprint density at radius 1 is 1.28 bits per heavy atom. The molecule has 2 N–H and O–H groups in total. The second kappa shape index (κ2) is 8.38. The number of nitrogens with two attached hydrogens (primary N) is 1. The number of esters is 1. The van der Waals surface area contributed by atoms with E-state index in [1.807, 2.05) is 6.07 Å². The molecular formula is C22H18ClFN2O3. The first kappa shape index (κ1) is 20.4. The van der Waals surface area contributed by atoms with Gasteiger partial charge in [-0.15, -0.1) is 0 Å². The highest BCUT2D eigenvalue weighted by Crippen LogP contribution is 2.40. The van der Waals surface area contributed by atoms with Crippen LogP contribution in [0.4, 0.5) is 4.39 Å². The normalized spacial score (nSPS) is 16.3. The zero-order valence-corrected chi connectivity index (χ0v) is 16.6. The molecular weight excluding hydrogens is 395 g/mol. The van der Waals surface area contributed by atoms with Crippen LogP contribution in [-0.2, 0) is 14.3 Å². The number of nitriles is 1. The Hall–Kier alpha value is -3.30. The highest BCUT2D eigenvalue weighted by Gasteiger charge is 2.36. The van der Waals surface area contributed by atoms with Gasteiger partial charge in [-0.05, 0) is 42.7 Å². The molecule has 0 amide bonds. The number of rotatable bonds is 4. The fraction of sp³-hybridized carbons (Fsp3) is 0.182. The molecule has 1 aliphatic rings. The molecule has 148 valence electrons. The Balaban J connectivity index is 2.05. The van der Waals surface area contributed by atoms with E-state index in [-0.39, 0.29) is 34.4 Å². The SMILES string of the molecule is CCOC(=O)C1=C(C)OC(N)=C(C#N)C1c1ccc(-c2ccc(Cl)c(F)c2)cc1. The molecule has 0 spiro atoms. The summed E-state index contributed by atoms with van der Waals surface area (Å²) in [4.78, 5) is 12.5. The van der Waals surface area contributed by atoms with E-state index in [9.17, 15) is 14.4 Å². The minimum absolute atomic E-state index is 0.0477. The van der Waals surface area contributed by atoms with Crippen LogP contribution in [0.1, 0.15) is 25.3 Å². The molecule has 7 heteroatoms. The maximum Gasteiger partial charge on any atom is 0.338 e. The Morgan fingerprint density at radius 2 is 1.93 bits per heavy atom. The second-order valence-corrected chi connectivity index (χ2v) is 6.77. The molecule has 0 aromatic heterocycles. The molecule has 0 radical (unpaired) electrons. The predicted octanol–water partition coefficient (Wildman–Crippen LogP) is 4.79. The van der Waals surface area contributed by atoms with Crippen molar-refractivity contribution in [2.45, 2.75) is 19.8 Å². The third kappa shape index (κ3) is 3.96. The molecule has 0 saturated carbocycles. The summed E-state index contributed by atoms with van der Waals surface area (Å²) >= 11 is 5.74. The van der Waals surface area contributed by atoms with Gasteiger partial charge in [0.15, 0.2) is 0 Å². The molecule has 0 saturated heterocycles. The standard InChI is InChI=1S/C22H18ClFN2O3/c1-3-28-22(27)19-12(2)29-21(26)16(11-25)20(19)14-6-4-13(5-7-14)15-8-9-17(23)18(24)10-15/h4-10,20H,3,26H2,1-2H3. The van der Waals surface area contributed by atoms with Crippen LogP contribution < -0.4 is 5.73 Å². The molecule has 1 unspecified atom stereocenters. The number of ether oxygens (including phenoxy) is 2. The van der Waals surface area contributed by atoms with E-state index in [1.54, 1.807) is 44.2 Å². The van der Waals surface area contributed by atoms with Crippen molar-refractivity contribution in [2.75, 3.05) is 6.61 Å². The van der Waals surface area contributed by atoms with Crippen LogP contribution in [-0.4, -0.2) is 12.6 Å². The summed E-state index contributed by atoms with van der Waals surface area (Å²) in [5, 5.41) is 9.65. The number of allylic oxidation sites excluding steroid dienone is 2. The summed E-state index contributed by atoms with van der Waals surface area (Å²) in [6, 6.07) is 13.6. The maximum atomic E-state index is 13.8. The lowest BCUT2D eigenvalue weighted by Crippen LogP contribution is -2.25. The van der Waals surface area contributed by atoms with Crippen molar-refractivity contribution in [1.29, 1.82) is 5.26 Å². The van der Waals surface area contributed by atoms with Crippen LogP contribution >= 0.6 is 11.6 Å². The quantitative estimate of drug-likeness (QED) is 0.729. The lowest BCUT2D eigenvalue weighted by atomic mass is 9.82. The topological polar surface area (TPSA) is 85.3 Å². The van der Waals surface area contributed by atoms with Gasteiger partial charge in [-0.25, -0.2) is 9.18 Å². The van der Waals surface area contributed by atoms with Gasteiger partial charge in [0.2, 0.25) is 5.88 Å². The first-order valence-electron chi connectivity index (χ1n) is 8.88. The molecule has 0 bridgehead atoms. The van der Waals surface area contributed by atoms with E-state index < -0.39 is 17.7 Å². The van der Waals surface area contributed by atoms with Crippen molar-refractivity contribution in [3.63, 3.8) is 0 Å². The highest BCUT2D eigenvalue weighted by atomic mass is 35.5. The molecule has 3 rings (SSSR count). The minimum atomic E-state index is -0.719. The Labute approximate surface area is 172 Å². The summed E-state index contributed by atoms with van der Waals surface area (Å²) in [5.74, 6) is -1.56. The molecule has 29 heavy (non-hydrogen) atoms. The average Bonchev–Trinajstić information content (AvgIpc) is 2.70. The van der Waals surface area contributed by atoms with E-state index in [4.69, 9.17) is 26.8 Å². The molecule has 0 fully saturated rings. The monoisotopic (exact) mass is 412 g/mol. The fourth-order valence-electron chi connectivity index (χ4n) is 3.23. The van der Waals surface area contributed by atoms with E-state index in [0.717, 1.165) is 5.56 Å². The Morgan fingerprint density at radius 3 is 2.52 bits per heavy atom.